The molecule has 0 unspecified atom stereocenters. The van der Waals surface area contributed by atoms with Gasteiger partial charge in [0.25, 0.3) is 0 Å². The van der Waals surface area contributed by atoms with E-state index < -0.39 is 0 Å². The molecule has 1 amide bonds. The van der Waals surface area contributed by atoms with Gasteiger partial charge in [-0.15, -0.1) is 0 Å². The summed E-state index contributed by atoms with van der Waals surface area (Å²) in [6.07, 6.45) is 2.18. The van der Waals surface area contributed by atoms with Gasteiger partial charge in [-0.1, -0.05) is 11.6 Å². The number of benzene rings is 1. The number of rotatable bonds is 6. The number of carbonyl (C=O) groups is 1. The third kappa shape index (κ3) is 5.04. The predicted octanol–water partition coefficient (Wildman–Crippen LogP) is 1.73. The number of amides is 1. The number of nitrogens with one attached hydrogen (secondary N) is 1. The molecule has 7 heteroatoms. The second kappa shape index (κ2) is 8.47. The van der Waals surface area contributed by atoms with Crippen LogP contribution in [0.1, 0.15) is 5.69 Å². The molecule has 0 bridgehead atoms. The molecule has 0 aliphatic carbocycles. The molecular formula is C18H23ClN4O2. The van der Waals surface area contributed by atoms with Crippen molar-refractivity contribution >= 4 is 17.5 Å². The average molecular weight is 363 g/mol. The van der Waals surface area contributed by atoms with Gasteiger partial charge in [-0.2, -0.15) is 0 Å². The summed E-state index contributed by atoms with van der Waals surface area (Å²) < 4.78 is 7.25. The van der Waals surface area contributed by atoms with Crippen LogP contribution in [0, 0.1) is 0 Å². The van der Waals surface area contributed by atoms with E-state index >= 15 is 0 Å². The van der Waals surface area contributed by atoms with Crippen molar-refractivity contribution < 1.29 is 9.53 Å². The Kier molecular flexibility index (Phi) is 6.07. The number of aromatic nitrogens is 2. The van der Waals surface area contributed by atoms with Crippen molar-refractivity contribution in [2.24, 2.45) is 7.05 Å². The van der Waals surface area contributed by atoms with Crippen LogP contribution >= 0.6 is 11.6 Å². The highest BCUT2D eigenvalue weighted by atomic mass is 35.5. The number of hydrogen-bond acceptors (Lipinski definition) is 4. The van der Waals surface area contributed by atoms with Crippen LogP contribution in [0.4, 0.5) is 0 Å². The van der Waals surface area contributed by atoms with Gasteiger partial charge in [-0.3, -0.25) is 9.69 Å². The van der Waals surface area contributed by atoms with Crippen molar-refractivity contribution in [1.82, 2.24) is 19.8 Å². The first-order chi connectivity index (χ1) is 12.1. The standard InChI is InChI=1S/C18H23ClN4O2/c1-22-13-16(21-18(22)14-2-4-15(19)5-3-14)12-17(24)20-6-7-23-8-10-25-11-9-23/h2-5,13H,6-12H2,1H3,(H,20,24). The third-order valence-corrected chi connectivity index (χ3v) is 4.48. The Balaban J connectivity index is 1.51. The SMILES string of the molecule is Cn1cc(CC(=O)NCCN2CCOCC2)nc1-c1ccc(Cl)cc1. The summed E-state index contributed by atoms with van der Waals surface area (Å²) in [5, 5.41) is 3.66. The van der Waals surface area contributed by atoms with Crippen molar-refractivity contribution in [3.8, 4) is 11.4 Å². The summed E-state index contributed by atoms with van der Waals surface area (Å²) >= 11 is 5.93. The van der Waals surface area contributed by atoms with Crippen LogP contribution in [0.3, 0.4) is 0 Å². The van der Waals surface area contributed by atoms with Crippen molar-refractivity contribution in [1.29, 1.82) is 0 Å². The quantitative estimate of drug-likeness (QED) is 0.850. The maximum absolute atomic E-state index is 12.1. The molecule has 25 heavy (non-hydrogen) atoms. The van der Waals surface area contributed by atoms with Gasteiger partial charge in [0, 0.05) is 50.0 Å². The van der Waals surface area contributed by atoms with Crippen LogP contribution in [0.2, 0.25) is 5.02 Å². The highest BCUT2D eigenvalue weighted by Gasteiger charge is 2.13. The lowest BCUT2D eigenvalue weighted by molar-refractivity contribution is -0.120. The first-order valence-corrected chi connectivity index (χ1v) is 8.84. The average Bonchev–Trinajstić information content (AvgIpc) is 2.96. The lowest BCUT2D eigenvalue weighted by Crippen LogP contribution is -2.41. The smallest absolute Gasteiger partial charge is 0.226 e. The minimum atomic E-state index is -0.00554. The maximum Gasteiger partial charge on any atom is 0.226 e. The number of halogens is 1. The fraction of sp³-hybridized carbons (Fsp3) is 0.444. The van der Waals surface area contributed by atoms with Crippen LogP contribution in [0.15, 0.2) is 30.5 Å². The van der Waals surface area contributed by atoms with Gasteiger partial charge in [-0.05, 0) is 24.3 Å². The van der Waals surface area contributed by atoms with Crippen molar-refractivity contribution in [2.75, 3.05) is 39.4 Å². The van der Waals surface area contributed by atoms with Crippen LogP contribution in [0.5, 0.6) is 0 Å². The molecule has 6 nitrogen and oxygen atoms in total. The Morgan fingerprint density at radius 2 is 2.00 bits per heavy atom. The Hall–Kier alpha value is -1.89. The monoisotopic (exact) mass is 362 g/mol. The van der Waals surface area contributed by atoms with E-state index in [0.717, 1.165) is 49.9 Å². The number of aryl methyl sites for hydroxylation is 1. The first-order valence-electron chi connectivity index (χ1n) is 8.47. The van der Waals surface area contributed by atoms with Gasteiger partial charge in [0.05, 0.1) is 25.3 Å². The van der Waals surface area contributed by atoms with Crippen LogP contribution in [-0.4, -0.2) is 59.8 Å². The molecule has 1 saturated heterocycles. The van der Waals surface area contributed by atoms with Gasteiger partial charge in [0.15, 0.2) is 0 Å². The van der Waals surface area contributed by atoms with Crippen molar-refractivity contribution in [2.45, 2.75) is 6.42 Å². The second-order valence-electron chi connectivity index (χ2n) is 6.15. The van der Waals surface area contributed by atoms with E-state index in [2.05, 4.69) is 15.2 Å². The molecule has 1 fully saturated rings. The van der Waals surface area contributed by atoms with E-state index in [0.29, 0.717) is 11.6 Å². The summed E-state index contributed by atoms with van der Waals surface area (Å²) in [7, 11) is 1.93. The number of nitrogens with zero attached hydrogens (tertiary/aromatic N) is 3. The molecule has 3 rings (SSSR count). The normalized spacial score (nSPS) is 15.3. The van der Waals surface area contributed by atoms with Gasteiger partial charge >= 0.3 is 0 Å². The van der Waals surface area contributed by atoms with E-state index in [1.54, 1.807) is 0 Å². The Labute approximate surface area is 152 Å². The molecule has 134 valence electrons. The first kappa shape index (κ1) is 17.9. The van der Waals surface area contributed by atoms with E-state index in [-0.39, 0.29) is 12.3 Å². The zero-order valence-corrected chi connectivity index (χ0v) is 15.1. The van der Waals surface area contributed by atoms with Crippen LogP contribution in [-0.2, 0) is 23.0 Å². The van der Waals surface area contributed by atoms with E-state index in [1.165, 1.54) is 0 Å². The molecule has 1 aliphatic rings. The number of imidazole rings is 1. The van der Waals surface area contributed by atoms with Gasteiger partial charge in [0.2, 0.25) is 5.91 Å². The lowest BCUT2D eigenvalue weighted by Gasteiger charge is -2.26. The molecule has 0 saturated carbocycles. The fourth-order valence-corrected chi connectivity index (χ4v) is 3.01. The highest BCUT2D eigenvalue weighted by Crippen LogP contribution is 2.20. The molecular weight excluding hydrogens is 340 g/mol. The summed E-state index contributed by atoms with van der Waals surface area (Å²) in [5.74, 6) is 0.821. The second-order valence-corrected chi connectivity index (χ2v) is 6.59. The Bertz CT molecular complexity index is 708. The molecule has 0 spiro atoms. The Morgan fingerprint density at radius 3 is 2.72 bits per heavy atom. The molecule has 0 atom stereocenters. The zero-order chi connectivity index (χ0) is 17.6. The molecule has 1 aromatic heterocycles. The maximum atomic E-state index is 12.1. The van der Waals surface area contributed by atoms with Gasteiger partial charge in [0.1, 0.15) is 5.82 Å². The highest BCUT2D eigenvalue weighted by molar-refractivity contribution is 6.30. The van der Waals surface area contributed by atoms with E-state index in [9.17, 15) is 4.79 Å². The number of morpholine rings is 1. The number of carbonyl (C=O) groups excluding carboxylic acids is 1. The van der Waals surface area contributed by atoms with E-state index in [4.69, 9.17) is 16.3 Å². The predicted molar refractivity (Wildman–Crippen MR) is 97.6 cm³/mol. The summed E-state index contributed by atoms with van der Waals surface area (Å²) in [6.45, 7) is 4.91. The molecule has 1 aliphatic heterocycles. The number of ether oxygens (including phenoxy) is 1. The molecule has 1 N–H and O–H groups in total. The molecule has 2 aromatic rings. The number of hydrogen-bond donors (Lipinski definition) is 1. The van der Waals surface area contributed by atoms with Crippen molar-refractivity contribution in [3.05, 3.63) is 41.2 Å². The van der Waals surface area contributed by atoms with Crippen LogP contribution in [0.25, 0.3) is 11.4 Å². The lowest BCUT2D eigenvalue weighted by atomic mass is 10.2. The minimum Gasteiger partial charge on any atom is -0.379 e. The summed E-state index contributed by atoms with van der Waals surface area (Å²) in [6, 6.07) is 7.53. The van der Waals surface area contributed by atoms with E-state index in [1.807, 2.05) is 42.1 Å². The van der Waals surface area contributed by atoms with Crippen LogP contribution < -0.4 is 5.32 Å². The largest absolute Gasteiger partial charge is 0.379 e. The summed E-state index contributed by atoms with van der Waals surface area (Å²) in [4.78, 5) is 19.0. The summed E-state index contributed by atoms with van der Waals surface area (Å²) in [5.41, 5.74) is 1.74. The van der Waals surface area contributed by atoms with Crippen molar-refractivity contribution in [3.63, 3.8) is 0 Å². The Morgan fingerprint density at radius 1 is 1.28 bits per heavy atom. The molecule has 1 aromatic carbocycles. The fourth-order valence-electron chi connectivity index (χ4n) is 2.89. The van der Waals surface area contributed by atoms with Gasteiger partial charge < -0.3 is 14.6 Å². The molecule has 2 heterocycles. The topological polar surface area (TPSA) is 59.4 Å². The minimum absolute atomic E-state index is 0.00554. The molecule has 0 radical (unpaired) electrons. The zero-order valence-electron chi connectivity index (χ0n) is 14.4. The third-order valence-electron chi connectivity index (χ3n) is 4.22. The van der Waals surface area contributed by atoms with Gasteiger partial charge in [-0.25, -0.2) is 4.98 Å².